The highest BCUT2D eigenvalue weighted by atomic mass is 28.2. The van der Waals surface area contributed by atoms with Gasteiger partial charge in [-0.3, -0.25) is 0 Å². The molecule has 0 spiro atoms. The Morgan fingerprint density at radius 1 is 1.31 bits per heavy atom. The van der Waals surface area contributed by atoms with E-state index in [0.717, 1.165) is 41.7 Å². The third kappa shape index (κ3) is 4.90. The second kappa shape index (κ2) is 6.16. The number of hydrogen-bond acceptors (Lipinski definition) is 1. The lowest BCUT2D eigenvalue weighted by Gasteiger charge is -2.23. The summed E-state index contributed by atoms with van der Waals surface area (Å²) in [7, 11) is 0.791. The molecule has 0 amide bonds. The van der Waals surface area contributed by atoms with Crippen LogP contribution in [0.2, 0.25) is 0 Å². The van der Waals surface area contributed by atoms with Gasteiger partial charge in [-0.25, -0.2) is 4.39 Å². The maximum absolute atomic E-state index is 12.9. The van der Waals surface area contributed by atoms with Crippen LogP contribution in [0.5, 0.6) is 0 Å². The molecule has 0 aliphatic heterocycles. The first-order chi connectivity index (χ1) is 7.53. The minimum Gasteiger partial charge on any atom is -0.423 e. The van der Waals surface area contributed by atoms with Gasteiger partial charge in [0.05, 0.1) is 0 Å². The quantitative estimate of drug-likeness (QED) is 0.548. The van der Waals surface area contributed by atoms with E-state index in [2.05, 4.69) is 13.8 Å². The largest absolute Gasteiger partial charge is 0.423 e. The summed E-state index contributed by atoms with van der Waals surface area (Å²) >= 11 is 0. The molecule has 0 unspecified atom stereocenters. The fraction of sp³-hybridized carbons (Fsp3) is 0.538. The van der Waals surface area contributed by atoms with Crippen LogP contribution < -0.4 is 0 Å². The van der Waals surface area contributed by atoms with E-state index in [9.17, 15) is 4.39 Å². The Hall–Kier alpha value is -0.673. The molecule has 0 aliphatic carbocycles. The van der Waals surface area contributed by atoms with Crippen LogP contribution in [0.25, 0.3) is 0 Å². The smallest absolute Gasteiger partial charge is 0.146 e. The Kier molecular flexibility index (Phi) is 5.15. The molecule has 1 nitrogen and oxygen atoms in total. The van der Waals surface area contributed by atoms with Crippen molar-refractivity contribution < 1.29 is 8.82 Å². The molecule has 0 N–H and O–H groups in total. The summed E-state index contributed by atoms with van der Waals surface area (Å²) in [6.07, 6.45) is 4.25. The van der Waals surface area contributed by atoms with E-state index in [1.807, 2.05) is 6.07 Å². The van der Waals surface area contributed by atoms with Crippen molar-refractivity contribution in [1.29, 1.82) is 0 Å². The second-order valence-corrected chi connectivity index (χ2v) is 5.21. The fourth-order valence-electron chi connectivity index (χ4n) is 1.67. The van der Waals surface area contributed by atoms with Crippen molar-refractivity contribution in [2.24, 2.45) is 0 Å². The molecule has 1 aromatic rings. The normalized spacial score (nSPS) is 11.9. The van der Waals surface area contributed by atoms with Crippen molar-refractivity contribution in [2.45, 2.75) is 45.1 Å². The molecule has 0 saturated carbocycles. The summed E-state index contributed by atoms with van der Waals surface area (Å²) in [6.45, 7) is 4.25. The van der Waals surface area contributed by atoms with E-state index in [0.29, 0.717) is 0 Å². The minimum absolute atomic E-state index is 0.0220. The van der Waals surface area contributed by atoms with Crippen molar-refractivity contribution in [1.82, 2.24) is 0 Å². The Labute approximate surface area is 101 Å². The van der Waals surface area contributed by atoms with Crippen LogP contribution in [0.15, 0.2) is 24.3 Å². The van der Waals surface area contributed by atoms with Crippen molar-refractivity contribution in [3.63, 3.8) is 0 Å². The van der Waals surface area contributed by atoms with Gasteiger partial charge in [-0.2, -0.15) is 0 Å². The third-order valence-corrected chi connectivity index (χ3v) is 4.04. The Morgan fingerprint density at radius 2 is 2.06 bits per heavy atom. The Bertz CT molecular complexity index is 325. The van der Waals surface area contributed by atoms with Crippen molar-refractivity contribution in [3.05, 3.63) is 35.6 Å². The number of unbranched alkanes of at least 4 members (excludes halogenated alkanes) is 1. The minimum atomic E-state index is -0.138. The van der Waals surface area contributed by atoms with E-state index in [1.165, 1.54) is 6.07 Å². The number of halogens is 1. The van der Waals surface area contributed by atoms with Gasteiger partial charge in [0.2, 0.25) is 0 Å². The maximum Gasteiger partial charge on any atom is 0.146 e. The number of aryl methyl sites for hydroxylation is 1. The zero-order chi connectivity index (χ0) is 12.0. The predicted octanol–water partition coefficient (Wildman–Crippen LogP) is 2.61. The van der Waals surface area contributed by atoms with Gasteiger partial charge in [0.25, 0.3) is 0 Å². The average Bonchev–Trinajstić information content (AvgIpc) is 2.25. The zero-order valence-electron chi connectivity index (χ0n) is 10.4. The van der Waals surface area contributed by atoms with Crippen molar-refractivity contribution in [3.8, 4) is 0 Å². The molecule has 0 aliphatic rings. The maximum atomic E-state index is 12.9. The number of hydrogen-bond donors (Lipinski definition) is 0. The molecule has 3 heteroatoms. The van der Waals surface area contributed by atoms with E-state index < -0.39 is 0 Å². The standard InChI is InChI=1S/C13H21FOSi/c1-13(2,15-16)9-4-3-6-11-7-5-8-12(14)10-11/h5,7-8,10H,3-4,6,9H2,1-2,16H3. The highest BCUT2D eigenvalue weighted by Crippen LogP contribution is 2.17. The van der Waals surface area contributed by atoms with Gasteiger partial charge < -0.3 is 4.43 Å². The van der Waals surface area contributed by atoms with Crippen LogP contribution in [0.4, 0.5) is 4.39 Å². The second-order valence-electron chi connectivity index (χ2n) is 4.80. The zero-order valence-corrected chi connectivity index (χ0v) is 12.4. The summed E-state index contributed by atoms with van der Waals surface area (Å²) in [5.41, 5.74) is 1.11. The summed E-state index contributed by atoms with van der Waals surface area (Å²) < 4.78 is 18.4. The van der Waals surface area contributed by atoms with E-state index >= 15 is 0 Å². The lowest BCUT2D eigenvalue weighted by molar-refractivity contribution is 0.109. The van der Waals surface area contributed by atoms with Gasteiger partial charge in [-0.15, -0.1) is 0 Å². The molecular formula is C13H21FOSi. The molecule has 0 radical (unpaired) electrons. The first kappa shape index (κ1) is 13.4. The van der Waals surface area contributed by atoms with Crippen molar-refractivity contribution in [2.75, 3.05) is 0 Å². The SMILES string of the molecule is CC(C)(CCCCc1cccc(F)c1)O[SiH3]. The first-order valence-electron chi connectivity index (χ1n) is 5.83. The lowest BCUT2D eigenvalue weighted by atomic mass is 9.99. The first-order valence-corrected chi connectivity index (χ1v) is 6.65. The van der Waals surface area contributed by atoms with Crippen LogP contribution in [-0.2, 0) is 10.8 Å². The molecule has 0 bridgehead atoms. The van der Waals surface area contributed by atoms with Crippen LogP contribution in [-0.4, -0.2) is 16.1 Å². The molecule has 16 heavy (non-hydrogen) atoms. The molecular weight excluding hydrogens is 219 g/mol. The van der Waals surface area contributed by atoms with Gasteiger partial charge in [-0.1, -0.05) is 18.6 Å². The Balaban J connectivity index is 2.26. The van der Waals surface area contributed by atoms with Gasteiger partial charge in [-0.05, 0) is 50.8 Å². The third-order valence-electron chi connectivity index (χ3n) is 2.94. The highest BCUT2D eigenvalue weighted by Gasteiger charge is 2.14. The van der Waals surface area contributed by atoms with Gasteiger partial charge in [0.1, 0.15) is 16.3 Å². The molecule has 0 fully saturated rings. The number of benzene rings is 1. The van der Waals surface area contributed by atoms with E-state index in [-0.39, 0.29) is 11.4 Å². The molecule has 1 rings (SSSR count). The summed E-state index contributed by atoms with van der Waals surface area (Å²) in [4.78, 5) is 0. The van der Waals surface area contributed by atoms with E-state index in [4.69, 9.17) is 4.43 Å². The van der Waals surface area contributed by atoms with Crippen LogP contribution in [0, 0.1) is 5.82 Å². The number of rotatable bonds is 6. The predicted molar refractivity (Wildman–Crippen MR) is 69.1 cm³/mol. The molecule has 0 aromatic heterocycles. The summed E-state index contributed by atoms with van der Waals surface area (Å²) in [5.74, 6) is -0.138. The van der Waals surface area contributed by atoms with Crippen LogP contribution in [0.3, 0.4) is 0 Å². The lowest BCUT2D eigenvalue weighted by Crippen LogP contribution is -2.22. The summed E-state index contributed by atoms with van der Waals surface area (Å²) in [6, 6.07) is 6.86. The van der Waals surface area contributed by atoms with Crippen molar-refractivity contribution >= 4 is 10.5 Å². The Morgan fingerprint density at radius 3 is 2.69 bits per heavy atom. The van der Waals surface area contributed by atoms with Gasteiger partial charge in [0, 0.05) is 5.60 Å². The summed E-state index contributed by atoms with van der Waals surface area (Å²) in [5, 5.41) is 0. The van der Waals surface area contributed by atoms with Crippen LogP contribution >= 0.6 is 0 Å². The van der Waals surface area contributed by atoms with E-state index in [1.54, 1.807) is 12.1 Å². The molecule has 90 valence electrons. The van der Waals surface area contributed by atoms with Crippen LogP contribution in [0.1, 0.15) is 38.7 Å². The fourth-order valence-corrected chi connectivity index (χ4v) is 1.88. The average molecular weight is 240 g/mol. The molecule has 1 aromatic carbocycles. The van der Waals surface area contributed by atoms with Gasteiger partial charge in [0.15, 0.2) is 0 Å². The monoisotopic (exact) mass is 240 g/mol. The molecule has 0 atom stereocenters. The molecule has 0 saturated heterocycles. The van der Waals surface area contributed by atoms with Gasteiger partial charge >= 0.3 is 0 Å². The topological polar surface area (TPSA) is 9.23 Å². The molecule has 0 heterocycles. The highest BCUT2D eigenvalue weighted by molar-refractivity contribution is 5.98.